The fourth-order valence-corrected chi connectivity index (χ4v) is 5.96. The van der Waals surface area contributed by atoms with Crippen LogP contribution in [0.4, 0.5) is 5.69 Å². The van der Waals surface area contributed by atoms with Gasteiger partial charge in [-0.1, -0.05) is 30.8 Å². The molecule has 0 saturated carbocycles. The molecule has 1 aromatic heterocycles. The SMILES string of the molecule is CO/N=C(/C)c1c[nH]c2ccc(C#Cc3ccc(N4CCN(S(=O)(=O)N[C@@H](C(=O)O)C(C)C)CC4)cc3)cc12. The van der Waals surface area contributed by atoms with Crippen molar-refractivity contribution in [3.8, 4) is 11.8 Å². The maximum Gasteiger partial charge on any atom is 0.322 e. The highest BCUT2D eigenvalue weighted by Crippen LogP contribution is 2.21. The molecule has 3 aromatic rings. The van der Waals surface area contributed by atoms with Crippen LogP contribution in [-0.2, 0) is 19.8 Å². The number of aromatic amines is 1. The third kappa shape index (κ3) is 6.60. The van der Waals surface area contributed by atoms with Crippen LogP contribution in [0.25, 0.3) is 10.9 Å². The van der Waals surface area contributed by atoms with E-state index in [9.17, 15) is 18.3 Å². The summed E-state index contributed by atoms with van der Waals surface area (Å²) in [5.41, 5.74) is 5.46. The molecule has 1 aliphatic rings. The number of anilines is 1. The van der Waals surface area contributed by atoms with Gasteiger partial charge >= 0.3 is 5.97 Å². The van der Waals surface area contributed by atoms with E-state index < -0.39 is 22.2 Å². The van der Waals surface area contributed by atoms with Crippen molar-refractivity contribution in [2.45, 2.75) is 26.8 Å². The van der Waals surface area contributed by atoms with E-state index in [2.05, 4.69) is 31.6 Å². The Morgan fingerprint density at radius 2 is 1.72 bits per heavy atom. The van der Waals surface area contributed by atoms with E-state index in [0.717, 1.165) is 39.0 Å². The van der Waals surface area contributed by atoms with Gasteiger partial charge in [-0.3, -0.25) is 4.79 Å². The molecule has 1 saturated heterocycles. The van der Waals surface area contributed by atoms with E-state index in [1.807, 2.05) is 55.6 Å². The number of benzene rings is 2. The fourth-order valence-electron chi connectivity index (χ4n) is 4.48. The zero-order valence-corrected chi connectivity index (χ0v) is 23.2. The van der Waals surface area contributed by atoms with Crippen molar-refractivity contribution in [1.29, 1.82) is 0 Å². The Labute approximate surface area is 228 Å². The molecule has 1 atom stereocenters. The molecule has 39 heavy (non-hydrogen) atoms. The van der Waals surface area contributed by atoms with Crippen LogP contribution in [0.1, 0.15) is 37.5 Å². The summed E-state index contributed by atoms with van der Waals surface area (Å²) >= 11 is 0. The molecule has 1 aliphatic heterocycles. The molecule has 10 nitrogen and oxygen atoms in total. The molecular formula is C28H33N5O5S. The number of aliphatic carboxylic acids is 1. The number of hydrogen-bond acceptors (Lipinski definition) is 6. The number of fused-ring (bicyclic) bond motifs is 1. The highest BCUT2D eigenvalue weighted by molar-refractivity contribution is 7.87. The van der Waals surface area contributed by atoms with Crippen molar-refractivity contribution in [2.24, 2.45) is 11.1 Å². The first-order valence-electron chi connectivity index (χ1n) is 12.7. The van der Waals surface area contributed by atoms with Crippen LogP contribution in [0.2, 0.25) is 0 Å². The van der Waals surface area contributed by atoms with E-state index in [1.165, 1.54) is 11.4 Å². The van der Waals surface area contributed by atoms with Gasteiger partial charge in [0.25, 0.3) is 10.2 Å². The maximum absolute atomic E-state index is 12.7. The Balaban J connectivity index is 1.40. The van der Waals surface area contributed by atoms with Crippen LogP contribution in [0.15, 0.2) is 53.8 Å². The lowest BCUT2D eigenvalue weighted by Gasteiger charge is -2.36. The lowest BCUT2D eigenvalue weighted by Crippen LogP contribution is -2.55. The van der Waals surface area contributed by atoms with Crippen LogP contribution >= 0.6 is 0 Å². The first-order valence-corrected chi connectivity index (χ1v) is 14.1. The molecule has 0 unspecified atom stereocenters. The van der Waals surface area contributed by atoms with Crippen molar-refractivity contribution in [2.75, 3.05) is 38.2 Å². The van der Waals surface area contributed by atoms with Crippen molar-refractivity contribution >= 4 is 38.5 Å². The number of nitrogens with zero attached hydrogens (tertiary/aromatic N) is 3. The fraction of sp³-hybridized carbons (Fsp3) is 0.357. The normalized spacial score (nSPS) is 15.7. The van der Waals surface area contributed by atoms with E-state index in [-0.39, 0.29) is 19.0 Å². The number of carboxylic acid groups (broad SMARTS) is 1. The molecule has 4 rings (SSSR count). The number of nitrogens with one attached hydrogen (secondary N) is 2. The Kier molecular flexibility index (Phi) is 8.60. The predicted molar refractivity (Wildman–Crippen MR) is 152 cm³/mol. The van der Waals surface area contributed by atoms with E-state index in [4.69, 9.17) is 4.84 Å². The van der Waals surface area contributed by atoms with Crippen LogP contribution in [-0.4, -0.2) is 73.8 Å². The van der Waals surface area contributed by atoms with Gasteiger partial charge in [0.2, 0.25) is 0 Å². The highest BCUT2D eigenvalue weighted by Gasteiger charge is 2.32. The Morgan fingerprint density at radius 1 is 1.08 bits per heavy atom. The zero-order chi connectivity index (χ0) is 28.2. The Hall–Kier alpha value is -3.85. The predicted octanol–water partition coefficient (Wildman–Crippen LogP) is 3.00. The Bertz CT molecular complexity index is 1530. The molecule has 2 aromatic carbocycles. The molecule has 0 spiro atoms. The van der Waals surface area contributed by atoms with E-state index >= 15 is 0 Å². The molecule has 0 aliphatic carbocycles. The van der Waals surface area contributed by atoms with Gasteiger partial charge in [0, 0.05) is 65.7 Å². The number of rotatable bonds is 8. The third-order valence-electron chi connectivity index (χ3n) is 6.67. The van der Waals surface area contributed by atoms with Crippen LogP contribution in [0.3, 0.4) is 0 Å². The van der Waals surface area contributed by atoms with Gasteiger partial charge in [0.05, 0.1) is 5.71 Å². The van der Waals surface area contributed by atoms with Gasteiger partial charge in [-0.15, -0.1) is 0 Å². The topological polar surface area (TPSA) is 127 Å². The number of carbonyl (C=O) groups is 1. The third-order valence-corrected chi connectivity index (χ3v) is 8.27. The second kappa shape index (κ2) is 11.9. The van der Waals surface area contributed by atoms with Crippen LogP contribution in [0, 0.1) is 17.8 Å². The quantitative estimate of drug-likeness (QED) is 0.224. The minimum absolute atomic E-state index is 0.263. The number of carboxylic acids is 1. The standard InChI is InChI=1S/C28H33N5O5S/c1-19(2)27(28(34)35)31-39(36,37)33-15-13-32(14-16-33)23-10-7-21(8-11-23)5-6-22-9-12-26-24(17-22)25(18-29-26)20(3)30-38-4/h7-12,17-19,27,29,31H,13-16H2,1-4H3,(H,34,35)/b30-20-/t27-/m1/s1. The first-order chi connectivity index (χ1) is 18.6. The molecule has 3 N–H and O–H groups in total. The maximum atomic E-state index is 12.7. The van der Waals surface area contributed by atoms with Crippen molar-refractivity contribution in [1.82, 2.24) is 14.0 Å². The zero-order valence-electron chi connectivity index (χ0n) is 22.4. The first kappa shape index (κ1) is 28.2. The summed E-state index contributed by atoms with van der Waals surface area (Å²) < 4.78 is 29.1. The van der Waals surface area contributed by atoms with Crippen molar-refractivity contribution in [3.05, 3.63) is 65.4 Å². The number of hydrogen-bond donors (Lipinski definition) is 3. The number of piperazine rings is 1. The van der Waals surface area contributed by atoms with Gasteiger partial charge in [0.15, 0.2) is 0 Å². The summed E-state index contributed by atoms with van der Waals surface area (Å²) in [5.74, 6) is 4.88. The Morgan fingerprint density at radius 3 is 2.33 bits per heavy atom. The second-order valence-corrected chi connectivity index (χ2v) is 11.4. The molecule has 0 bridgehead atoms. The summed E-state index contributed by atoms with van der Waals surface area (Å²) in [6.07, 6.45) is 1.91. The molecule has 1 fully saturated rings. The smallest absolute Gasteiger partial charge is 0.322 e. The summed E-state index contributed by atoms with van der Waals surface area (Å²) in [6.45, 7) is 6.75. The highest BCUT2D eigenvalue weighted by atomic mass is 32.2. The number of aromatic nitrogens is 1. The molecule has 0 radical (unpaired) electrons. The molecule has 2 heterocycles. The van der Waals surface area contributed by atoms with Gasteiger partial charge in [0.1, 0.15) is 13.2 Å². The van der Waals surface area contributed by atoms with E-state index in [1.54, 1.807) is 13.8 Å². The molecule has 11 heteroatoms. The minimum atomic E-state index is -3.90. The van der Waals surface area contributed by atoms with E-state index in [0.29, 0.717) is 13.1 Å². The lowest BCUT2D eigenvalue weighted by atomic mass is 10.1. The second-order valence-electron chi connectivity index (χ2n) is 9.69. The van der Waals surface area contributed by atoms with Gasteiger partial charge < -0.3 is 19.8 Å². The van der Waals surface area contributed by atoms with Crippen molar-refractivity contribution in [3.63, 3.8) is 0 Å². The van der Waals surface area contributed by atoms with Gasteiger partial charge in [-0.05, 0) is 55.3 Å². The summed E-state index contributed by atoms with van der Waals surface area (Å²) in [7, 11) is -2.37. The monoisotopic (exact) mass is 551 g/mol. The summed E-state index contributed by atoms with van der Waals surface area (Å²) in [4.78, 5) is 21.7. The number of H-pyrrole nitrogens is 1. The van der Waals surface area contributed by atoms with Gasteiger partial charge in [-0.2, -0.15) is 17.4 Å². The minimum Gasteiger partial charge on any atom is -0.480 e. The van der Waals surface area contributed by atoms with Gasteiger partial charge in [-0.25, -0.2) is 0 Å². The molecule has 0 amide bonds. The van der Waals surface area contributed by atoms with Crippen LogP contribution in [0.5, 0.6) is 0 Å². The lowest BCUT2D eigenvalue weighted by molar-refractivity contribution is -0.140. The summed E-state index contributed by atoms with van der Waals surface area (Å²) in [5, 5.41) is 14.4. The average Bonchev–Trinajstić information content (AvgIpc) is 3.34. The van der Waals surface area contributed by atoms with Crippen molar-refractivity contribution < 1.29 is 23.2 Å². The summed E-state index contributed by atoms with van der Waals surface area (Å²) in [6, 6.07) is 12.7. The average molecular weight is 552 g/mol. The molecular weight excluding hydrogens is 518 g/mol. The number of oxime groups is 1. The van der Waals surface area contributed by atoms with Crippen LogP contribution < -0.4 is 9.62 Å². The largest absolute Gasteiger partial charge is 0.480 e. The molecule has 206 valence electrons.